The van der Waals surface area contributed by atoms with Gasteiger partial charge in [-0.3, -0.25) is 0 Å². The van der Waals surface area contributed by atoms with Gasteiger partial charge in [-0.15, -0.1) is 16.9 Å². The molecule has 1 heterocycles. The van der Waals surface area contributed by atoms with E-state index in [0.29, 0.717) is 5.75 Å². The first kappa shape index (κ1) is 17.3. The Morgan fingerprint density at radius 1 is 1.35 bits per heavy atom. The number of benzene rings is 1. The summed E-state index contributed by atoms with van der Waals surface area (Å²) in [6, 6.07) is 7.39. The van der Waals surface area contributed by atoms with Gasteiger partial charge in [0.05, 0.1) is 26.1 Å². The third-order valence-corrected chi connectivity index (χ3v) is 4.37. The highest BCUT2D eigenvalue weighted by atomic mass is 32.2. The zero-order chi connectivity index (χ0) is 16.8. The average molecular weight is 335 g/mol. The minimum Gasteiger partial charge on any atom is -0.497 e. The smallest absolute Gasteiger partial charge is 0.330 e. The Labute approximate surface area is 140 Å². The molecule has 0 aliphatic rings. The molecule has 0 N–H and O–H groups in total. The van der Waals surface area contributed by atoms with Gasteiger partial charge in [-0.2, -0.15) is 0 Å². The lowest BCUT2D eigenvalue weighted by atomic mass is 10.1. The molecular weight excluding hydrogens is 314 g/mol. The molecule has 0 saturated heterocycles. The molecule has 0 aliphatic carbocycles. The largest absolute Gasteiger partial charge is 0.497 e. The van der Waals surface area contributed by atoms with E-state index >= 15 is 0 Å². The van der Waals surface area contributed by atoms with Crippen molar-refractivity contribution in [3.05, 3.63) is 36.2 Å². The number of esters is 1. The fourth-order valence-electron chi connectivity index (χ4n) is 2.17. The van der Waals surface area contributed by atoms with Crippen LogP contribution >= 0.6 is 11.8 Å². The van der Waals surface area contributed by atoms with Crippen LogP contribution in [0.15, 0.2) is 35.4 Å². The first-order chi connectivity index (χ1) is 11.0. The topological polar surface area (TPSA) is 66.2 Å². The normalized spacial score (nSPS) is 12.2. The molecule has 0 radical (unpaired) electrons. The van der Waals surface area contributed by atoms with Crippen molar-refractivity contribution in [3.8, 4) is 5.75 Å². The van der Waals surface area contributed by atoms with Crippen LogP contribution in [-0.2, 0) is 15.3 Å². The highest BCUT2D eigenvalue weighted by Gasteiger charge is 2.26. The van der Waals surface area contributed by atoms with Crippen LogP contribution in [-0.4, -0.2) is 35.2 Å². The zero-order valence-electron chi connectivity index (χ0n) is 13.7. The predicted octanol–water partition coefficient (Wildman–Crippen LogP) is 2.95. The second-order valence-electron chi connectivity index (χ2n) is 5.37. The Hall–Kier alpha value is -2.02. The molecule has 0 fully saturated rings. The number of hydrogen-bond donors (Lipinski definition) is 0. The van der Waals surface area contributed by atoms with Crippen LogP contribution in [0.3, 0.4) is 0 Å². The summed E-state index contributed by atoms with van der Waals surface area (Å²) in [7, 11) is 3.03. The van der Waals surface area contributed by atoms with Crippen LogP contribution in [0.25, 0.3) is 0 Å². The molecule has 1 aromatic heterocycles. The van der Waals surface area contributed by atoms with Gasteiger partial charge in [-0.05, 0) is 24.1 Å². The standard InChI is InChI=1S/C16H21N3O3S/c1-11(2)15(16(20)22-4)19-9-12(17-18-19)10-23-14-7-5-6-13(8-14)21-3/h5-9,11,15H,10H2,1-4H3/t15-/m1/s1. The Kier molecular flexibility index (Phi) is 6.04. The summed E-state index contributed by atoms with van der Waals surface area (Å²) in [5.41, 5.74) is 0.812. The molecule has 7 heteroatoms. The van der Waals surface area contributed by atoms with E-state index < -0.39 is 6.04 Å². The Morgan fingerprint density at radius 2 is 2.13 bits per heavy atom. The second-order valence-corrected chi connectivity index (χ2v) is 6.42. The number of nitrogens with zero attached hydrogens (tertiary/aromatic N) is 3. The van der Waals surface area contributed by atoms with Crippen LogP contribution in [0.5, 0.6) is 5.75 Å². The summed E-state index contributed by atoms with van der Waals surface area (Å²) in [4.78, 5) is 13.0. The van der Waals surface area contributed by atoms with Gasteiger partial charge >= 0.3 is 5.97 Å². The minimum absolute atomic E-state index is 0.0723. The molecule has 2 rings (SSSR count). The Morgan fingerprint density at radius 3 is 2.78 bits per heavy atom. The highest BCUT2D eigenvalue weighted by Crippen LogP contribution is 2.26. The quantitative estimate of drug-likeness (QED) is 0.572. The van der Waals surface area contributed by atoms with Gasteiger partial charge in [0.15, 0.2) is 6.04 Å². The van der Waals surface area contributed by atoms with Crippen molar-refractivity contribution in [2.75, 3.05) is 14.2 Å². The maximum atomic E-state index is 11.9. The number of methoxy groups -OCH3 is 2. The molecule has 0 amide bonds. The monoisotopic (exact) mass is 335 g/mol. The van der Waals surface area contributed by atoms with Gasteiger partial charge in [0.1, 0.15) is 5.75 Å². The van der Waals surface area contributed by atoms with Crippen LogP contribution in [0, 0.1) is 5.92 Å². The molecular formula is C16H21N3O3S. The van der Waals surface area contributed by atoms with Crippen LogP contribution in [0.1, 0.15) is 25.6 Å². The van der Waals surface area contributed by atoms with Crippen molar-refractivity contribution in [2.45, 2.75) is 30.5 Å². The lowest BCUT2D eigenvalue weighted by molar-refractivity contribution is -0.146. The highest BCUT2D eigenvalue weighted by molar-refractivity contribution is 7.98. The molecule has 0 spiro atoms. The fourth-order valence-corrected chi connectivity index (χ4v) is 2.99. The van der Waals surface area contributed by atoms with Gasteiger partial charge in [-0.25, -0.2) is 9.48 Å². The molecule has 23 heavy (non-hydrogen) atoms. The van der Waals surface area contributed by atoms with Crippen LogP contribution in [0.4, 0.5) is 0 Å². The van der Waals surface area contributed by atoms with E-state index in [9.17, 15) is 4.79 Å². The number of rotatable bonds is 7. The summed E-state index contributed by atoms with van der Waals surface area (Å²) in [6.07, 6.45) is 1.80. The van der Waals surface area contributed by atoms with E-state index in [2.05, 4.69) is 10.3 Å². The second kappa shape index (κ2) is 8.01. The third-order valence-electron chi connectivity index (χ3n) is 3.34. The first-order valence-corrected chi connectivity index (χ1v) is 8.29. The summed E-state index contributed by atoms with van der Waals surface area (Å²) < 4.78 is 11.6. The minimum atomic E-state index is -0.455. The van der Waals surface area contributed by atoms with Gasteiger partial charge in [0.25, 0.3) is 0 Å². The SMILES string of the molecule is COC(=O)[C@@H](C(C)C)n1cc(CSc2cccc(OC)c2)nn1. The number of hydrogen-bond acceptors (Lipinski definition) is 6. The van der Waals surface area contributed by atoms with Crippen molar-refractivity contribution in [2.24, 2.45) is 5.92 Å². The first-order valence-electron chi connectivity index (χ1n) is 7.30. The molecule has 0 bridgehead atoms. The van der Waals surface area contributed by atoms with Crippen molar-refractivity contribution in [1.82, 2.24) is 15.0 Å². The molecule has 124 valence electrons. The summed E-state index contributed by atoms with van der Waals surface area (Å²) >= 11 is 1.64. The maximum absolute atomic E-state index is 11.9. The van der Waals surface area contributed by atoms with E-state index in [4.69, 9.17) is 9.47 Å². The Balaban J connectivity index is 2.05. The number of carbonyl (C=O) groups excluding carboxylic acids is 1. The Bertz CT molecular complexity index is 658. The maximum Gasteiger partial charge on any atom is 0.330 e. The molecule has 0 aliphatic heterocycles. The third kappa shape index (κ3) is 4.48. The molecule has 1 atom stereocenters. The van der Waals surface area contributed by atoms with Crippen molar-refractivity contribution < 1.29 is 14.3 Å². The lowest BCUT2D eigenvalue weighted by Crippen LogP contribution is -2.26. The van der Waals surface area contributed by atoms with E-state index in [0.717, 1.165) is 16.3 Å². The lowest BCUT2D eigenvalue weighted by Gasteiger charge is -2.17. The molecule has 0 saturated carbocycles. The fraction of sp³-hybridized carbons (Fsp3) is 0.438. The van der Waals surface area contributed by atoms with E-state index in [1.165, 1.54) is 7.11 Å². The summed E-state index contributed by atoms with van der Waals surface area (Å²) in [6.45, 7) is 3.90. The van der Waals surface area contributed by atoms with Crippen molar-refractivity contribution in [3.63, 3.8) is 0 Å². The molecule has 0 unspecified atom stereocenters. The van der Waals surface area contributed by atoms with Gasteiger partial charge in [-0.1, -0.05) is 25.1 Å². The zero-order valence-corrected chi connectivity index (χ0v) is 14.5. The summed E-state index contributed by atoms with van der Waals surface area (Å²) in [5, 5.41) is 8.23. The van der Waals surface area contributed by atoms with Gasteiger partial charge < -0.3 is 9.47 Å². The number of carbonyl (C=O) groups is 1. The van der Waals surface area contributed by atoms with Gasteiger partial charge in [0.2, 0.25) is 0 Å². The average Bonchev–Trinajstić information content (AvgIpc) is 3.01. The van der Waals surface area contributed by atoms with Crippen molar-refractivity contribution in [1.29, 1.82) is 0 Å². The number of ether oxygens (including phenoxy) is 2. The van der Waals surface area contributed by atoms with E-state index in [-0.39, 0.29) is 11.9 Å². The number of aromatic nitrogens is 3. The summed E-state index contributed by atoms with van der Waals surface area (Å²) in [5.74, 6) is 1.25. The molecule has 1 aromatic carbocycles. The number of thioether (sulfide) groups is 1. The van der Waals surface area contributed by atoms with Gasteiger partial charge in [0, 0.05) is 10.6 Å². The van der Waals surface area contributed by atoms with Crippen molar-refractivity contribution >= 4 is 17.7 Å². The molecule has 2 aromatic rings. The van der Waals surface area contributed by atoms with Crippen LogP contribution in [0.2, 0.25) is 0 Å². The predicted molar refractivity (Wildman–Crippen MR) is 88.5 cm³/mol. The van der Waals surface area contributed by atoms with Crippen LogP contribution < -0.4 is 4.74 Å². The van der Waals surface area contributed by atoms with E-state index in [1.807, 2.05) is 38.1 Å². The van der Waals surface area contributed by atoms with E-state index in [1.54, 1.807) is 29.8 Å². The molecule has 6 nitrogen and oxygen atoms in total.